The Balaban J connectivity index is 1.64. The van der Waals surface area contributed by atoms with Crippen molar-refractivity contribution in [3.05, 3.63) is 59.7 Å². The number of sulfonamides is 1. The maximum absolute atomic E-state index is 12.6. The minimum atomic E-state index is -3.54. The minimum Gasteiger partial charge on any atom is -0.494 e. The molecule has 0 N–H and O–H groups in total. The van der Waals surface area contributed by atoms with Crippen LogP contribution in [0.3, 0.4) is 0 Å². The van der Waals surface area contributed by atoms with Crippen LogP contribution in [-0.4, -0.2) is 50.3 Å². The second-order valence-electron chi connectivity index (χ2n) is 7.00. The summed E-state index contributed by atoms with van der Waals surface area (Å²) < 4.78 is 37.2. The van der Waals surface area contributed by atoms with E-state index in [9.17, 15) is 18.0 Å². The number of hydrogen-bond acceptors (Lipinski definition) is 6. The summed E-state index contributed by atoms with van der Waals surface area (Å²) in [5, 5.41) is 0. The van der Waals surface area contributed by atoms with Crippen molar-refractivity contribution in [2.45, 2.75) is 37.7 Å². The minimum absolute atomic E-state index is 0.138. The third-order valence-electron chi connectivity index (χ3n) is 4.90. The summed E-state index contributed by atoms with van der Waals surface area (Å²) in [6, 6.07) is 12.2. The zero-order valence-electron chi connectivity index (χ0n) is 17.0. The molecule has 0 aromatic heterocycles. The molecule has 1 aliphatic rings. The van der Waals surface area contributed by atoms with Crippen LogP contribution in [-0.2, 0) is 14.8 Å². The van der Waals surface area contributed by atoms with E-state index < -0.39 is 22.1 Å². The van der Waals surface area contributed by atoms with Crippen LogP contribution in [0.25, 0.3) is 0 Å². The third-order valence-corrected chi connectivity index (χ3v) is 6.81. The predicted molar refractivity (Wildman–Crippen MR) is 111 cm³/mol. The lowest BCUT2D eigenvalue weighted by molar-refractivity contribution is 0.0318. The lowest BCUT2D eigenvalue weighted by Gasteiger charge is -2.16. The highest BCUT2D eigenvalue weighted by atomic mass is 32.2. The van der Waals surface area contributed by atoms with Crippen LogP contribution >= 0.6 is 0 Å². The Morgan fingerprint density at radius 3 is 2.10 bits per heavy atom. The Labute approximate surface area is 176 Å². The lowest BCUT2D eigenvalue weighted by atomic mass is 10.1. The van der Waals surface area contributed by atoms with Gasteiger partial charge in [-0.15, -0.1) is 0 Å². The second-order valence-corrected chi connectivity index (χ2v) is 8.94. The number of hydrogen-bond donors (Lipinski definition) is 0. The smallest absolute Gasteiger partial charge is 0.338 e. The number of esters is 1. The van der Waals surface area contributed by atoms with E-state index in [1.165, 1.54) is 35.5 Å². The molecule has 1 aliphatic heterocycles. The van der Waals surface area contributed by atoms with Gasteiger partial charge >= 0.3 is 5.97 Å². The molecular weight excluding hydrogens is 406 g/mol. The van der Waals surface area contributed by atoms with Gasteiger partial charge < -0.3 is 9.47 Å². The molecule has 1 heterocycles. The Hall–Kier alpha value is -2.71. The van der Waals surface area contributed by atoms with Crippen LogP contribution in [0.2, 0.25) is 0 Å². The molecule has 1 fully saturated rings. The van der Waals surface area contributed by atoms with E-state index in [0.717, 1.165) is 12.8 Å². The highest BCUT2D eigenvalue weighted by molar-refractivity contribution is 7.89. The summed E-state index contributed by atoms with van der Waals surface area (Å²) >= 11 is 0. The summed E-state index contributed by atoms with van der Waals surface area (Å²) in [5.41, 5.74) is 0.590. The van der Waals surface area contributed by atoms with Crippen LogP contribution < -0.4 is 4.74 Å². The molecular formula is C22H25NO6S. The summed E-state index contributed by atoms with van der Waals surface area (Å²) in [7, 11) is -3.54. The van der Waals surface area contributed by atoms with Crippen LogP contribution in [0, 0.1) is 0 Å². The number of Topliss-reactive ketones (excluding diaryl/α,β-unsaturated/α-hetero) is 1. The Bertz CT molecular complexity index is 993. The molecule has 0 amide bonds. The zero-order chi connectivity index (χ0) is 21.7. The Morgan fingerprint density at radius 1 is 0.967 bits per heavy atom. The van der Waals surface area contributed by atoms with Gasteiger partial charge in [0, 0.05) is 18.7 Å². The highest BCUT2D eigenvalue weighted by Gasteiger charge is 2.27. The molecule has 0 aliphatic carbocycles. The summed E-state index contributed by atoms with van der Waals surface area (Å²) in [5.74, 6) is -0.366. The van der Waals surface area contributed by atoms with Crippen molar-refractivity contribution < 1.29 is 27.5 Å². The molecule has 30 heavy (non-hydrogen) atoms. The number of ketones is 1. The fourth-order valence-electron chi connectivity index (χ4n) is 3.24. The molecule has 8 heteroatoms. The van der Waals surface area contributed by atoms with Gasteiger partial charge in [-0.3, -0.25) is 4.79 Å². The Kier molecular flexibility index (Phi) is 6.89. The molecule has 0 spiro atoms. The normalized spacial score (nSPS) is 15.5. The zero-order valence-corrected chi connectivity index (χ0v) is 17.9. The van der Waals surface area contributed by atoms with E-state index in [0.29, 0.717) is 31.0 Å². The van der Waals surface area contributed by atoms with Gasteiger partial charge in [0.05, 0.1) is 17.1 Å². The van der Waals surface area contributed by atoms with Crippen molar-refractivity contribution >= 4 is 21.8 Å². The fourth-order valence-corrected chi connectivity index (χ4v) is 4.76. The molecule has 160 valence electrons. The molecule has 2 aromatic rings. The van der Waals surface area contributed by atoms with Gasteiger partial charge in [-0.25, -0.2) is 13.2 Å². The number of rotatable bonds is 8. The number of carbonyl (C=O) groups is 2. The van der Waals surface area contributed by atoms with E-state index in [1.807, 2.05) is 6.92 Å². The number of benzene rings is 2. The van der Waals surface area contributed by atoms with Crippen molar-refractivity contribution in [3.63, 3.8) is 0 Å². The first-order valence-corrected chi connectivity index (χ1v) is 11.3. The number of ether oxygens (including phenoxy) is 2. The molecule has 7 nitrogen and oxygen atoms in total. The predicted octanol–water partition coefficient (Wildman–Crippen LogP) is 3.30. The summed E-state index contributed by atoms with van der Waals surface area (Å²) in [4.78, 5) is 25.0. The monoisotopic (exact) mass is 431 g/mol. The topological polar surface area (TPSA) is 90.0 Å². The van der Waals surface area contributed by atoms with Gasteiger partial charge in [0.25, 0.3) is 0 Å². The van der Waals surface area contributed by atoms with Crippen molar-refractivity contribution in [2.75, 3.05) is 19.7 Å². The van der Waals surface area contributed by atoms with Crippen LogP contribution in [0.4, 0.5) is 0 Å². The highest BCUT2D eigenvalue weighted by Crippen LogP contribution is 2.21. The molecule has 0 unspecified atom stereocenters. The van der Waals surface area contributed by atoms with Gasteiger partial charge in [-0.05, 0) is 75.2 Å². The van der Waals surface area contributed by atoms with Crippen LogP contribution in [0.5, 0.6) is 5.75 Å². The van der Waals surface area contributed by atoms with E-state index in [2.05, 4.69) is 0 Å². The van der Waals surface area contributed by atoms with E-state index >= 15 is 0 Å². The van der Waals surface area contributed by atoms with Gasteiger partial charge in [0.15, 0.2) is 6.10 Å². The van der Waals surface area contributed by atoms with Gasteiger partial charge in [-0.2, -0.15) is 4.31 Å². The maximum atomic E-state index is 12.6. The molecule has 0 bridgehead atoms. The average molecular weight is 432 g/mol. The SMILES string of the molecule is CCOc1ccc(C(=O)[C@H](C)OC(=O)c2ccc(S(=O)(=O)N3CCCC3)cc2)cc1. The molecule has 0 radical (unpaired) electrons. The standard InChI is InChI=1S/C22H25NO6S/c1-3-28-19-10-6-17(7-11-19)21(24)16(2)29-22(25)18-8-12-20(13-9-18)30(26,27)23-14-4-5-15-23/h6-13,16H,3-5,14-15H2,1-2H3/t16-/m0/s1. The molecule has 1 saturated heterocycles. The molecule has 0 saturated carbocycles. The van der Waals surface area contributed by atoms with Crippen molar-refractivity contribution in [1.82, 2.24) is 4.31 Å². The molecule has 2 aromatic carbocycles. The van der Waals surface area contributed by atoms with E-state index in [-0.39, 0.29) is 16.2 Å². The fraction of sp³-hybridized carbons (Fsp3) is 0.364. The van der Waals surface area contributed by atoms with Gasteiger partial charge in [-0.1, -0.05) is 0 Å². The third kappa shape index (κ3) is 4.88. The first-order chi connectivity index (χ1) is 14.3. The number of carbonyl (C=O) groups excluding carboxylic acids is 2. The van der Waals surface area contributed by atoms with Crippen LogP contribution in [0.15, 0.2) is 53.4 Å². The quantitative estimate of drug-likeness (QED) is 0.471. The van der Waals surface area contributed by atoms with Crippen LogP contribution in [0.1, 0.15) is 47.4 Å². The first-order valence-electron chi connectivity index (χ1n) is 9.91. The molecule has 1 atom stereocenters. The summed E-state index contributed by atoms with van der Waals surface area (Å²) in [6.07, 6.45) is 0.719. The first kappa shape index (κ1) is 22.0. The van der Waals surface area contributed by atoms with Crippen molar-refractivity contribution in [2.24, 2.45) is 0 Å². The average Bonchev–Trinajstić information content (AvgIpc) is 3.30. The van der Waals surface area contributed by atoms with Gasteiger partial charge in [0.2, 0.25) is 15.8 Å². The van der Waals surface area contributed by atoms with E-state index in [1.54, 1.807) is 24.3 Å². The van der Waals surface area contributed by atoms with Crippen molar-refractivity contribution in [3.8, 4) is 5.75 Å². The largest absolute Gasteiger partial charge is 0.494 e. The number of nitrogens with zero attached hydrogens (tertiary/aromatic N) is 1. The second kappa shape index (κ2) is 9.40. The molecule has 3 rings (SSSR count). The maximum Gasteiger partial charge on any atom is 0.338 e. The Morgan fingerprint density at radius 2 is 1.53 bits per heavy atom. The van der Waals surface area contributed by atoms with Crippen molar-refractivity contribution in [1.29, 1.82) is 0 Å². The van der Waals surface area contributed by atoms with Gasteiger partial charge in [0.1, 0.15) is 5.75 Å². The van der Waals surface area contributed by atoms with E-state index in [4.69, 9.17) is 9.47 Å². The lowest BCUT2D eigenvalue weighted by Crippen LogP contribution is -2.28. The summed E-state index contributed by atoms with van der Waals surface area (Å²) in [6.45, 7) is 4.92.